The second kappa shape index (κ2) is 4.50. The standard InChI is InChI=1S/C7H13O2/c1-3-6(2)7(9)4-5-8/h6H,3-5H2,1-2H3. The van der Waals surface area contributed by atoms with Gasteiger partial charge in [-0.3, -0.25) is 4.79 Å². The minimum absolute atomic E-state index is 0.0824. The van der Waals surface area contributed by atoms with Gasteiger partial charge in [0.25, 0.3) is 0 Å². The molecule has 0 spiro atoms. The lowest BCUT2D eigenvalue weighted by Crippen LogP contribution is -2.10. The molecule has 0 aliphatic heterocycles. The average molecular weight is 129 g/mol. The highest BCUT2D eigenvalue weighted by Crippen LogP contribution is 2.03. The zero-order valence-corrected chi connectivity index (χ0v) is 6.02. The van der Waals surface area contributed by atoms with Gasteiger partial charge < -0.3 is 0 Å². The summed E-state index contributed by atoms with van der Waals surface area (Å²) in [6.45, 7) is 3.55. The van der Waals surface area contributed by atoms with Crippen LogP contribution >= 0.6 is 0 Å². The van der Waals surface area contributed by atoms with Crippen LogP contribution in [0.4, 0.5) is 0 Å². The molecular formula is C7H13O2. The predicted octanol–water partition coefficient (Wildman–Crippen LogP) is 1.42. The first kappa shape index (κ1) is 8.63. The Labute approximate surface area is 55.9 Å². The minimum atomic E-state index is -0.261. The largest absolute Gasteiger partial charge is 0.299 e. The van der Waals surface area contributed by atoms with Crippen molar-refractivity contribution in [2.24, 2.45) is 5.92 Å². The molecule has 2 nitrogen and oxygen atoms in total. The number of ketones is 1. The first-order valence-electron chi connectivity index (χ1n) is 3.33. The summed E-state index contributed by atoms with van der Waals surface area (Å²) < 4.78 is 0. The molecular weight excluding hydrogens is 116 g/mol. The number of hydrogen-bond donors (Lipinski definition) is 0. The van der Waals surface area contributed by atoms with Gasteiger partial charge in [0.2, 0.25) is 0 Å². The summed E-state index contributed by atoms with van der Waals surface area (Å²) >= 11 is 0. The van der Waals surface area contributed by atoms with E-state index in [1.165, 1.54) is 0 Å². The molecule has 1 radical (unpaired) electrons. The van der Waals surface area contributed by atoms with Crippen LogP contribution in [0.2, 0.25) is 0 Å². The molecule has 0 aromatic heterocycles. The smallest absolute Gasteiger partial charge is 0.138 e. The highest BCUT2D eigenvalue weighted by molar-refractivity contribution is 5.80. The maximum atomic E-state index is 10.8. The Morgan fingerprint density at radius 1 is 1.56 bits per heavy atom. The molecule has 53 valence electrons. The van der Waals surface area contributed by atoms with Crippen LogP contribution in [0.1, 0.15) is 26.7 Å². The van der Waals surface area contributed by atoms with Crippen molar-refractivity contribution in [3.63, 3.8) is 0 Å². The fraction of sp³-hybridized carbons (Fsp3) is 0.857. The minimum Gasteiger partial charge on any atom is -0.299 e. The molecule has 0 amide bonds. The Bertz CT molecular complexity index is 88.9. The van der Waals surface area contributed by atoms with Gasteiger partial charge in [-0.2, -0.15) is 0 Å². The van der Waals surface area contributed by atoms with E-state index in [9.17, 15) is 9.90 Å². The van der Waals surface area contributed by atoms with Crippen LogP contribution in [0.15, 0.2) is 0 Å². The first-order valence-corrected chi connectivity index (χ1v) is 3.33. The molecule has 0 N–H and O–H groups in total. The second-order valence-corrected chi connectivity index (χ2v) is 2.23. The molecule has 0 saturated heterocycles. The van der Waals surface area contributed by atoms with Gasteiger partial charge in [0.15, 0.2) is 0 Å². The van der Waals surface area contributed by atoms with Gasteiger partial charge in [0, 0.05) is 12.3 Å². The average Bonchev–Trinajstić information content (AvgIpc) is 1.87. The van der Waals surface area contributed by atoms with Crippen molar-refractivity contribution in [2.45, 2.75) is 26.7 Å². The second-order valence-electron chi connectivity index (χ2n) is 2.23. The Balaban J connectivity index is 3.46. The molecule has 0 heterocycles. The van der Waals surface area contributed by atoms with Gasteiger partial charge in [-0.15, -0.1) is 0 Å². The van der Waals surface area contributed by atoms with Crippen LogP contribution in [0.5, 0.6) is 0 Å². The summed E-state index contributed by atoms with van der Waals surface area (Å²) in [5.74, 6) is 0.187. The molecule has 0 saturated carbocycles. The lowest BCUT2D eigenvalue weighted by Gasteiger charge is -2.03. The van der Waals surface area contributed by atoms with Crippen molar-refractivity contribution < 1.29 is 9.90 Å². The zero-order valence-electron chi connectivity index (χ0n) is 6.02. The summed E-state index contributed by atoms with van der Waals surface area (Å²) in [5.41, 5.74) is 0. The van der Waals surface area contributed by atoms with Crippen molar-refractivity contribution in [3.05, 3.63) is 0 Å². The van der Waals surface area contributed by atoms with Gasteiger partial charge in [-0.25, -0.2) is 5.11 Å². The monoisotopic (exact) mass is 129 g/mol. The first-order chi connectivity index (χ1) is 4.22. The molecule has 0 aliphatic carbocycles. The maximum absolute atomic E-state index is 10.8. The van der Waals surface area contributed by atoms with Crippen molar-refractivity contribution in [1.29, 1.82) is 0 Å². The van der Waals surface area contributed by atoms with Gasteiger partial charge in [-0.1, -0.05) is 13.8 Å². The van der Waals surface area contributed by atoms with Crippen LogP contribution in [-0.4, -0.2) is 12.4 Å². The van der Waals surface area contributed by atoms with Crippen LogP contribution in [0.3, 0.4) is 0 Å². The molecule has 0 aliphatic rings. The number of carbonyl (C=O) groups excluding carboxylic acids is 1. The van der Waals surface area contributed by atoms with Gasteiger partial charge in [-0.05, 0) is 6.42 Å². The summed E-state index contributed by atoms with van der Waals surface area (Å²) in [6.07, 6.45) is 1.05. The third-order valence-corrected chi connectivity index (χ3v) is 1.51. The maximum Gasteiger partial charge on any atom is 0.138 e. The molecule has 0 fully saturated rings. The summed E-state index contributed by atoms with van der Waals surface area (Å²) in [6, 6.07) is 0. The Hall–Kier alpha value is -0.370. The SMILES string of the molecule is CCC(C)C(=O)CC[O]. The highest BCUT2D eigenvalue weighted by Gasteiger charge is 2.08. The van der Waals surface area contributed by atoms with Crippen LogP contribution < -0.4 is 0 Å². The lowest BCUT2D eigenvalue weighted by molar-refractivity contribution is -0.123. The van der Waals surface area contributed by atoms with Gasteiger partial charge >= 0.3 is 0 Å². The van der Waals surface area contributed by atoms with E-state index in [0.29, 0.717) is 0 Å². The van der Waals surface area contributed by atoms with E-state index in [-0.39, 0.29) is 24.7 Å². The van der Waals surface area contributed by atoms with E-state index in [1.54, 1.807) is 0 Å². The zero-order chi connectivity index (χ0) is 7.28. The molecule has 0 aromatic carbocycles. The summed E-state index contributed by atoms with van der Waals surface area (Å²) in [7, 11) is 0. The van der Waals surface area contributed by atoms with E-state index < -0.39 is 0 Å². The summed E-state index contributed by atoms with van der Waals surface area (Å²) in [4.78, 5) is 10.8. The van der Waals surface area contributed by atoms with E-state index >= 15 is 0 Å². The van der Waals surface area contributed by atoms with Crippen molar-refractivity contribution in [2.75, 3.05) is 6.61 Å². The van der Waals surface area contributed by atoms with Gasteiger partial charge in [0.1, 0.15) is 5.78 Å². The topological polar surface area (TPSA) is 37.0 Å². The molecule has 2 heteroatoms. The van der Waals surface area contributed by atoms with E-state index in [2.05, 4.69) is 0 Å². The number of hydrogen-bond acceptors (Lipinski definition) is 1. The van der Waals surface area contributed by atoms with Crippen molar-refractivity contribution in [1.82, 2.24) is 0 Å². The fourth-order valence-corrected chi connectivity index (χ4v) is 0.575. The van der Waals surface area contributed by atoms with Crippen LogP contribution in [-0.2, 0) is 9.90 Å². The lowest BCUT2D eigenvalue weighted by atomic mass is 10.0. The van der Waals surface area contributed by atoms with E-state index in [0.717, 1.165) is 6.42 Å². The summed E-state index contributed by atoms with van der Waals surface area (Å²) in [5, 5.41) is 9.94. The fourth-order valence-electron chi connectivity index (χ4n) is 0.575. The van der Waals surface area contributed by atoms with Crippen molar-refractivity contribution >= 4 is 5.78 Å². The molecule has 1 atom stereocenters. The number of Topliss-reactive ketones (excluding diaryl/α,β-unsaturated/α-hetero) is 1. The van der Waals surface area contributed by atoms with Crippen LogP contribution in [0, 0.1) is 5.92 Å². The molecule has 0 aromatic rings. The third-order valence-electron chi connectivity index (χ3n) is 1.51. The normalized spacial score (nSPS) is 13.2. The molecule has 1 unspecified atom stereocenters. The number of rotatable bonds is 4. The van der Waals surface area contributed by atoms with Crippen molar-refractivity contribution in [3.8, 4) is 0 Å². The highest BCUT2D eigenvalue weighted by atomic mass is 16.3. The van der Waals surface area contributed by atoms with Crippen LogP contribution in [0.25, 0.3) is 0 Å². The van der Waals surface area contributed by atoms with Gasteiger partial charge in [0.05, 0.1) is 6.61 Å². The molecule has 9 heavy (non-hydrogen) atoms. The van der Waals surface area contributed by atoms with E-state index in [4.69, 9.17) is 0 Å². The Morgan fingerprint density at radius 2 is 2.11 bits per heavy atom. The predicted molar refractivity (Wildman–Crippen MR) is 34.6 cm³/mol. The Kier molecular flexibility index (Phi) is 4.32. The third kappa shape index (κ3) is 3.25. The molecule has 0 rings (SSSR count). The Morgan fingerprint density at radius 3 is 2.44 bits per heavy atom. The van der Waals surface area contributed by atoms with E-state index in [1.807, 2.05) is 13.8 Å². The quantitative estimate of drug-likeness (QED) is 0.565. The number of carbonyl (C=O) groups is 1. The molecule has 0 bridgehead atoms.